The molecule has 5 nitrogen and oxygen atoms in total. The number of hydrogen-bond acceptors (Lipinski definition) is 4. The fraction of sp³-hybridized carbons (Fsp3) is 0. The number of thiophene rings is 1. The molecule has 0 saturated carbocycles. The van der Waals surface area contributed by atoms with Crippen molar-refractivity contribution in [2.45, 2.75) is 0 Å². The molecule has 4 aromatic heterocycles. The zero-order chi connectivity index (χ0) is 46.6. The van der Waals surface area contributed by atoms with Gasteiger partial charge in [0.15, 0.2) is 17.5 Å². The van der Waals surface area contributed by atoms with E-state index in [1.165, 1.54) is 57.9 Å². The summed E-state index contributed by atoms with van der Waals surface area (Å²) in [6.07, 6.45) is 0. The van der Waals surface area contributed by atoms with Crippen LogP contribution in [0, 0.1) is 0 Å². The van der Waals surface area contributed by atoms with Crippen molar-refractivity contribution in [2.24, 2.45) is 0 Å². The summed E-state index contributed by atoms with van der Waals surface area (Å²) in [5, 5.41) is 12.1. The fourth-order valence-electron chi connectivity index (χ4n) is 11.1. The van der Waals surface area contributed by atoms with Crippen molar-refractivity contribution in [3.05, 3.63) is 237 Å². The Balaban J connectivity index is 1.05. The molecule has 0 saturated heterocycles. The molecule has 0 aliphatic heterocycles. The number of rotatable bonds is 6. The lowest BCUT2D eigenvalue weighted by Gasteiger charge is -2.17. The summed E-state index contributed by atoms with van der Waals surface area (Å²) >= 11 is 1.85. The Morgan fingerprint density at radius 3 is 1.62 bits per heavy atom. The van der Waals surface area contributed by atoms with E-state index in [2.05, 4.69) is 228 Å². The molecule has 15 aromatic rings. The second-order valence-corrected chi connectivity index (χ2v) is 19.4. The summed E-state index contributed by atoms with van der Waals surface area (Å²) in [4.78, 5) is 16.4. The van der Waals surface area contributed by atoms with E-state index in [1.54, 1.807) is 0 Å². The normalized spacial score (nSPS) is 11.9. The van der Waals surface area contributed by atoms with Gasteiger partial charge in [-0.2, -0.15) is 0 Å². The van der Waals surface area contributed by atoms with Gasteiger partial charge in [0.05, 0.1) is 22.1 Å². The van der Waals surface area contributed by atoms with Crippen molar-refractivity contribution in [3.63, 3.8) is 0 Å². The number of fused-ring (bicyclic) bond motifs is 11. The SMILES string of the molecule is c1ccc(-c2nc(-c3ccc(-n4c5ccccc5c5cc6ccccc6cc54)cc3-c3cccc4sc5cc6ccccc6cc5c34)nc(-c3cccc4c5ccccc5n(-c5ccccc5)c34)n2)cc1. The van der Waals surface area contributed by atoms with Crippen molar-refractivity contribution in [3.8, 4) is 56.7 Å². The van der Waals surface area contributed by atoms with Crippen LogP contribution in [0.15, 0.2) is 237 Å². The molecule has 0 spiro atoms. The molecule has 0 radical (unpaired) electrons. The summed E-state index contributed by atoms with van der Waals surface area (Å²) < 4.78 is 7.27. The Morgan fingerprint density at radius 2 is 0.859 bits per heavy atom. The summed E-state index contributed by atoms with van der Waals surface area (Å²) in [5.74, 6) is 1.82. The average Bonchev–Trinajstić information content (AvgIpc) is 4.09. The fourth-order valence-corrected chi connectivity index (χ4v) is 12.3. The van der Waals surface area contributed by atoms with Gasteiger partial charge in [-0.25, -0.2) is 15.0 Å². The summed E-state index contributed by atoms with van der Waals surface area (Å²) in [6, 6.07) is 85.2. The lowest BCUT2D eigenvalue weighted by molar-refractivity contribution is 1.07. The van der Waals surface area contributed by atoms with Crippen molar-refractivity contribution in [1.29, 1.82) is 0 Å². The van der Waals surface area contributed by atoms with E-state index >= 15 is 0 Å². The summed E-state index contributed by atoms with van der Waals surface area (Å²) in [6.45, 7) is 0. The number of nitrogens with zero attached hydrogens (tertiary/aromatic N) is 5. The van der Waals surface area contributed by atoms with Crippen molar-refractivity contribution in [2.75, 3.05) is 0 Å². The van der Waals surface area contributed by atoms with Crippen LogP contribution in [0.1, 0.15) is 0 Å². The van der Waals surface area contributed by atoms with Gasteiger partial charge in [-0.15, -0.1) is 11.3 Å². The first-order valence-electron chi connectivity index (χ1n) is 24.0. The zero-order valence-corrected chi connectivity index (χ0v) is 39.0. The molecule has 0 unspecified atom stereocenters. The van der Waals surface area contributed by atoms with Crippen LogP contribution in [-0.4, -0.2) is 24.1 Å². The second kappa shape index (κ2) is 15.7. The predicted octanol–water partition coefficient (Wildman–Crippen LogP) is 17.4. The summed E-state index contributed by atoms with van der Waals surface area (Å²) in [7, 11) is 0. The Labute approximate surface area is 411 Å². The quantitative estimate of drug-likeness (QED) is 0.167. The first kappa shape index (κ1) is 39.7. The van der Waals surface area contributed by atoms with Crippen LogP contribution in [0.2, 0.25) is 0 Å². The smallest absolute Gasteiger partial charge is 0.166 e. The van der Waals surface area contributed by atoms with Crippen molar-refractivity contribution in [1.82, 2.24) is 24.1 Å². The molecule has 4 heterocycles. The Morgan fingerprint density at radius 1 is 0.296 bits per heavy atom. The van der Waals surface area contributed by atoms with Crippen LogP contribution in [0.4, 0.5) is 0 Å². The van der Waals surface area contributed by atoms with Gasteiger partial charge in [0.1, 0.15) is 0 Å². The number of aromatic nitrogens is 5. The maximum Gasteiger partial charge on any atom is 0.166 e. The van der Waals surface area contributed by atoms with Gasteiger partial charge >= 0.3 is 0 Å². The first-order valence-corrected chi connectivity index (χ1v) is 24.8. The van der Waals surface area contributed by atoms with Gasteiger partial charge < -0.3 is 9.13 Å². The highest BCUT2D eigenvalue weighted by atomic mass is 32.1. The van der Waals surface area contributed by atoms with Crippen LogP contribution >= 0.6 is 11.3 Å². The van der Waals surface area contributed by atoms with Crippen LogP contribution in [0.25, 0.3) is 142 Å². The van der Waals surface area contributed by atoms with Gasteiger partial charge in [0.25, 0.3) is 0 Å². The number of benzene rings is 11. The Hall–Kier alpha value is -9.23. The highest BCUT2D eigenvalue weighted by Gasteiger charge is 2.24. The molecule has 0 bridgehead atoms. The minimum atomic E-state index is 0.602. The third-order valence-electron chi connectivity index (χ3n) is 14.3. The Kier molecular flexibility index (Phi) is 8.76. The number of hydrogen-bond donors (Lipinski definition) is 0. The lowest BCUT2D eigenvalue weighted by atomic mass is 9.93. The largest absolute Gasteiger partial charge is 0.309 e. The van der Waals surface area contributed by atoms with Gasteiger partial charge in [-0.3, -0.25) is 0 Å². The van der Waals surface area contributed by atoms with E-state index in [1.807, 2.05) is 29.5 Å². The van der Waals surface area contributed by atoms with E-state index in [4.69, 9.17) is 15.0 Å². The molecule has 11 aromatic carbocycles. The first-order chi connectivity index (χ1) is 35.2. The van der Waals surface area contributed by atoms with Crippen LogP contribution in [0.3, 0.4) is 0 Å². The van der Waals surface area contributed by atoms with Crippen molar-refractivity contribution < 1.29 is 0 Å². The molecular weight excluding hydrogens is 883 g/mol. The molecule has 15 rings (SSSR count). The van der Waals surface area contributed by atoms with Crippen LogP contribution < -0.4 is 0 Å². The van der Waals surface area contributed by atoms with E-state index < -0.39 is 0 Å². The molecule has 0 aliphatic rings. The molecule has 0 aliphatic carbocycles. The highest BCUT2D eigenvalue weighted by Crippen LogP contribution is 2.46. The zero-order valence-electron chi connectivity index (χ0n) is 38.2. The van der Waals surface area contributed by atoms with E-state index in [9.17, 15) is 0 Å². The maximum absolute atomic E-state index is 5.60. The van der Waals surface area contributed by atoms with Gasteiger partial charge in [0, 0.05) is 69.8 Å². The van der Waals surface area contributed by atoms with Gasteiger partial charge in [0.2, 0.25) is 0 Å². The molecule has 330 valence electrons. The van der Waals surface area contributed by atoms with Crippen LogP contribution in [0.5, 0.6) is 0 Å². The molecule has 0 N–H and O–H groups in total. The molecule has 6 heteroatoms. The van der Waals surface area contributed by atoms with Gasteiger partial charge in [-0.1, -0.05) is 158 Å². The topological polar surface area (TPSA) is 48.5 Å². The predicted molar refractivity (Wildman–Crippen MR) is 298 cm³/mol. The van der Waals surface area contributed by atoms with E-state index in [0.29, 0.717) is 17.5 Å². The van der Waals surface area contributed by atoms with Crippen molar-refractivity contribution >= 4 is 96.7 Å². The lowest BCUT2D eigenvalue weighted by Crippen LogP contribution is -2.03. The maximum atomic E-state index is 5.60. The molecule has 0 atom stereocenters. The average molecular weight is 922 g/mol. The third kappa shape index (κ3) is 6.22. The third-order valence-corrected chi connectivity index (χ3v) is 15.4. The minimum absolute atomic E-state index is 0.602. The standard InChI is InChI=1S/C65H39N5S/c1-3-17-40(18-4-1)63-66-64(68-65(67-63)52-29-15-28-50-47-25-11-14-31-57(47)70(62(50)52)45-23-5-2-6-24-45)51-34-33-46(69-56-30-13-12-26-48(56)54-35-41-19-7-9-21-43(41)37-58(54)69)39-53(51)49-27-16-32-59-61(49)55-36-42-20-8-10-22-44(42)38-60(55)71-59/h1-39H. The summed E-state index contributed by atoms with van der Waals surface area (Å²) in [5.41, 5.74) is 11.5. The minimum Gasteiger partial charge on any atom is -0.309 e. The molecule has 0 amide bonds. The molecule has 0 fully saturated rings. The van der Waals surface area contributed by atoms with Crippen LogP contribution in [-0.2, 0) is 0 Å². The number of para-hydroxylation sites is 4. The molecule has 71 heavy (non-hydrogen) atoms. The Bertz CT molecular complexity index is 4640. The second-order valence-electron chi connectivity index (χ2n) is 18.3. The van der Waals surface area contributed by atoms with E-state index in [0.717, 1.165) is 66.6 Å². The monoisotopic (exact) mass is 921 g/mol. The van der Waals surface area contributed by atoms with Gasteiger partial charge in [-0.05, 0) is 112 Å². The van der Waals surface area contributed by atoms with E-state index in [-0.39, 0.29) is 0 Å². The molecular formula is C65H39N5S. The highest BCUT2D eigenvalue weighted by molar-refractivity contribution is 7.26.